The van der Waals surface area contributed by atoms with E-state index in [4.69, 9.17) is 4.74 Å². The monoisotopic (exact) mass is 367 g/mol. The van der Waals surface area contributed by atoms with E-state index in [0.29, 0.717) is 12.2 Å². The van der Waals surface area contributed by atoms with Crippen molar-refractivity contribution in [1.82, 2.24) is 4.72 Å². The lowest BCUT2D eigenvalue weighted by molar-refractivity contribution is 0.325. The quantitative estimate of drug-likeness (QED) is 0.906. The minimum atomic E-state index is -3.60. The van der Waals surface area contributed by atoms with Gasteiger partial charge >= 0.3 is 0 Å². The van der Waals surface area contributed by atoms with Crippen molar-refractivity contribution in [3.05, 3.63) is 58.1 Å². The topological polar surface area (TPSA) is 55.4 Å². The van der Waals surface area contributed by atoms with Gasteiger partial charge in [0, 0.05) is 10.0 Å². The van der Waals surface area contributed by atoms with E-state index < -0.39 is 10.0 Å². The van der Waals surface area contributed by atoms with E-state index >= 15 is 0 Å². The van der Waals surface area contributed by atoms with Gasteiger partial charge in [-0.05, 0) is 30.7 Å². The standard InChI is InChI=1S/C15H14BrNO3S/c1-10-6-7-11(16)8-15(10)21(18,19)17-13-9-20-14-5-3-2-4-12(13)14/h2-8,13,17H,9H2,1H3. The van der Waals surface area contributed by atoms with E-state index in [1.807, 2.05) is 30.3 Å². The first-order chi connectivity index (χ1) is 9.97. The first kappa shape index (κ1) is 14.6. The van der Waals surface area contributed by atoms with Crippen LogP contribution in [0.3, 0.4) is 0 Å². The van der Waals surface area contributed by atoms with Gasteiger partial charge in [0.2, 0.25) is 10.0 Å². The maximum absolute atomic E-state index is 12.6. The molecule has 1 unspecified atom stereocenters. The minimum Gasteiger partial charge on any atom is -0.491 e. The van der Waals surface area contributed by atoms with Crippen LogP contribution in [0.4, 0.5) is 0 Å². The molecule has 4 nitrogen and oxygen atoms in total. The van der Waals surface area contributed by atoms with E-state index in [9.17, 15) is 8.42 Å². The average molecular weight is 368 g/mol. The van der Waals surface area contributed by atoms with Crippen LogP contribution in [0.5, 0.6) is 5.75 Å². The van der Waals surface area contributed by atoms with Crippen molar-refractivity contribution >= 4 is 26.0 Å². The third kappa shape index (κ3) is 2.84. The molecule has 0 bridgehead atoms. The first-order valence-electron chi connectivity index (χ1n) is 6.47. The largest absolute Gasteiger partial charge is 0.491 e. The van der Waals surface area contributed by atoms with Crippen LogP contribution >= 0.6 is 15.9 Å². The van der Waals surface area contributed by atoms with Gasteiger partial charge in [-0.1, -0.05) is 40.2 Å². The van der Waals surface area contributed by atoms with E-state index in [2.05, 4.69) is 20.7 Å². The molecule has 0 saturated carbocycles. The van der Waals surface area contributed by atoms with Crippen LogP contribution in [0.25, 0.3) is 0 Å². The van der Waals surface area contributed by atoms with Gasteiger partial charge in [0.1, 0.15) is 12.4 Å². The number of sulfonamides is 1. The van der Waals surface area contributed by atoms with E-state index in [0.717, 1.165) is 15.8 Å². The summed E-state index contributed by atoms with van der Waals surface area (Å²) in [5.74, 6) is 0.733. The zero-order chi connectivity index (χ0) is 15.0. The fraction of sp³-hybridized carbons (Fsp3) is 0.200. The van der Waals surface area contributed by atoms with Gasteiger partial charge in [-0.3, -0.25) is 0 Å². The molecule has 6 heteroatoms. The highest BCUT2D eigenvalue weighted by Crippen LogP contribution is 2.33. The molecule has 0 aromatic heterocycles. The summed E-state index contributed by atoms with van der Waals surface area (Å²) in [5, 5.41) is 0. The Balaban J connectivity index is 1.93. The predicted molar refractivity (Wildman–Crippen MR) is 83.9 cm³/mol. The number of hydrogen-bond acceptors (Lipinski definition) is 3. The Morgan fingerprint density at radius 2 is 2.00 bits per heavy atom. The number of nitrogens with one attached hydrogen (secondary N) is 1. The van der Waals surface area contributed by atoms with E-state index in [1.54, 1.807) is 19.1 Å². The highest BCUT2D eigenvalue weighted by atomic mass is 79.9. The highest BCUT2D eigenvalue weighted by molar-refractivity contribution is 9.10. The van der Waals surface area contributed by atoms with Crippen molar-refractivity contribution < 1.29 is 13.2 Å². The third-order valence-electron chi connectivity index (χ3n) is 3.44. The lowest BCUT2D eigenvalue weighted by atomic mass is 10.1. The second kappa shape index (κ2) is 5.44. The summed E-state index contributed by atoms with van der Waals surface area (Å²) < 4.78 is 34.1. The number of fused-ring (bicyclic) bond motifs is 1. The van der Waals surface area contributed by atoms with Crippen molar-refractivity contribution in [2.45, 2.75) is 17.9 Å². The smallest absolute Gasteiger partial charge is 0.241 e. The Morgan fingerprint density at radius 1 is 1.24 bits per heavy atom. The molecule has 2 aromatic rings. The normalized spacial score (nSPS) is 17.3. The second-order valence-corrected chi connectivity index (χ2v) is 7.53. The van der Waals surface area contributed by atoms with Crippen molar-refractivity contribution in [1.29, 1.82) is 0 Å². The number of ether oxygens (including phenoxy) is 1. The van der Waals surface area contributed by atoms with Crippen LogP contribution in [0.15, 0.2) is 51.8 Å². The van der Waals surface area contributed by atoms with Crippen LogP contribution in [0, 0.1) is 6.92 Å². The van der Waals surface area contributed by atoms with Crippen molar-refractivity contribution in [2.24, 2.45) is 0 Å². The van der Waals surface area contributed by atoms with Crippen LogP contribution in [0.1, 0.15) is 17.2 Å². The zero-order valence-corrected chi connectivity index (χ0v) is 13.7. The Bertz CT molecular complexity index is 789. The molecule has 0 fully saturated rings. The maximum atomic E-state index is 12.6. The number of aryl methyl sites for hydroxylation is 1. The fourth-order valence-electron chi connectivity index (χ4n) is 2.37. The molecule has 0 radical (unpaired) electrons. The fourth-order valence-corrected chi connectivity index (χ4v) is 4.36. The van der Waals surface area contributed by atoms with Gasteiger partial charge in [-0.25, -0.2) is 13.1 Å². The van der Waals surface area contributed by atoms with Gasteiger partial charge < -0.3 is 4.74 Å². The number of rotatable bonds is 3. The van der Waals surface area contributed by atoms with Crippen molar-refractivity contribution in [2.75, 3.05) is 6.61 Å². The number of benzene rings is 2. The molecule has 1 N–H and O–H groups in total. The lowest BCUT2D eigenvalue weighted by Gasteiger charge is -2.14. The number of hydrogen-bond donors (Lipinski definition) is 1. The predicted octanol–water partition coefficient (Wildman–Crippen LogP) is 3.17. The molecule has 2 aromatic carbocycles. The van der Waals surface area contributed by atoms with Crippen molar-refractivity contribution in [3.8, 4) is 5.75 Å². The average Bonchev–Trinajstić information content (AvgIpc) is 2.84. The maximum Gasteiger partial charge on any atom is 0.241 e. The molecule has 0 saturated heterocycles. The lowest BCUT2D eigenvalue weighted by Crippen LogP contribution is -2.30. The summed E-state index contributed by atoms with van der Waals surface area (Å²) >= 11 is 3.31. The Morgan fingerprint density at radius 3 is 2.81 bits per heavy atom. The van der Waals surface area contributed by atoms with E-state index in [1.165, 1.54) is 0 Å². The van der Waals surface area contributed by atoms with Crippen LogP contribution in [-0.4, -0.2) is 15.0 Å². The molecule has 3 rings (SSSR count). The molecular weight excluding hydrogens is 354 g/mol. The molecule has 1 aliphatic rings. The highest BCUT2D eigenvalue weighted by Gasteiger charge is 2.29. The Hall–Kier alpha value is -1.37. The molecule has 0 spiro atoms. The number of para-hydroxylation sites is 1. The summed E-state index contributed by atoms with van der Waals surface area (Å²) in [6.07, 6.45) is 0. The number of halogens is 1. The van der Waals surface area contributed by atoms with Gasteiger partial charge in [-0.2, -0.15) is 0 Å². The molecule has 1 atom stereocenters. The van der Waals surface area contributed by atoms with Crippen LogP contribution in [-0.2, 0) is 10.0 Å². The van der Waals surface area contributed by atoms with Crippen LogP contribution < -0.4 is 9.46 Å². The molecule has 0 aliphatic carbocycles. The third-order valence-corrected chi connectivity index (χ3v) is 5.54. The minimum absolute atomic E-state index is 0.279. The van der Waals surface area contributed by atoms with Crippen molar-refractivity contribution in [3.63, 3.8) is 0 Å². The molecule has 1 aliphatic heterocycles. The molecule has 1 heterocycles. The molecule has 0 amide bonds. The van der Waals surface area contributed by atoms with Gasteiger partial charge in [0.05, 0.1) is 10.9 Å². The Labute approximate surface area is 132 Å². The molecule has 21 heavy (non-hydrogen) atoms. The first-order valence-corrected chi connectivity index (χ1v) is 8.75. The summed E-state index contributed by atoms with van der Waals surface area (Å²) in [5.41, 5.74) is 1.58. The van der Waals surface area contributed by atoms with Gasteiger partial charge in [0.25, 0.3) is 0 Å². The SMILES string of the molecule is Cc1ccc(Br)cc1S(=O)(=O)NC1COc2ccccc21. The molecule has 110 valence electrons. The van der Waals surface area contributed by atoms with E-state index in [-0.39, 0.29) is 10.9 Å². The summed E-state index contributed by atoms with van der Waals surface area (Å²) in [4.78, 5) is 0.279. The second-order valence-electron chi connectivity index (χ2n) is 4.93. The summed E-state index contributed by atoms with van der Waals surface area (Å²) in [6, 6.07) is 12.3. The molecular formula is C15H14BrNO3S. The van der Waals surface area contributed by atoms with Gasteiger partial charge in [0.15, 0.2) is 0 Å². The Kier molecular flexibility index (Phi) is 3.77. The van der Waals surface area contributed by atoms with Gasteiger partial charge in [-0.15, -0.1) is 0 Å². The van der Waals surface area contributed by atoms with Crippen LogP contribution in [0.2, 0.25) is 0 Å². The summed E-state index contributed by atoms with van der Waals surface area (Å²) in [7, 11) is -3.60. The zero-order valence-electron chi connectivity index (χ0n) is 11.3. The summed E-state index contributed by atoms with van der Waals surface area (Å²) in [6.45, 7) is 2.09.